The standard InChI is InChI=1S/C21H25N5O.2ClH/c1-24-9-8-17-20(24)22-13-23-21(17)26-11-15-10-25(2)19(18(15)12-26)14-4-6-16(27-3)7-5-14;;/h4-9,13,15,18-19H,10-12H2,1-3H3;2*1H/t15-,18+,19+;;/m0../s1. The van der Waals surface area contributed by atoms with E-state index in [1.165, 1.54) is 5.56 Å². The third kappa shape index (κ3) is 3.54. The van der Waals surface area contributed by atoms with E-state index in [9.17, 15) is 0 Å². The Morgan fingerprint density at radius 1 is 0.966 bits per heavy atom. The summed E-state index contributed by atoms with van der Waals surface area (Å²) in [6, 6.07) is 11.1. The van der Waals surface area contributed by atoms with Crippen LogP contribution in [0.2, 0.25) is 0 Å². The monoisotopic (exact) mass is 435 g/mol. The van der Waals surface area contributed by atoms with Gasteiger partial charge in [-0.1, -0.05) is 12.1 Å². The second-order valence-corrected chi connectivity index (χ2v) is 7.85. The van der Waals surface area contributed by atoms with Crippen molar-refractivity contribution in [1.29, 1.82) is 0 Å². The van der Waals surface area contributed by atoms with Gasteiger partial charge in [-0.05, 0) is 36.7 Å². The fraction of sp³-hybridized carbons (Fsp3) is 0.429. The Hall–Kier alpha value is -2.02. The number of benzene rings is 1. The third-order valence-corrected chi connectivity index (χ3v) is 6.29. The third-order valence-electron chi connectivity index (χ3n) is 6.29. The van der Waals surface area contributed by atoms with Crippen LogP contribution in [0.5, 0.6) is 5.75 Å². The quantitative estimate of drug-likeness (QED) is 0.629. The molecule has 0 N–H and O–H groups in total. The van der Waals surface area contributed by atoms with Gasteiger partial charge in [0.15, 0.2) is 0 Å². The molecule has 3 atom stereocenters. The van der Waals surface area contributed by atoms with Gasteiger partial charge in [0.2, 0.25) is 0 Å². The second-order valence-electron chi connectivity index (χ2n) is 7.85. The number of rotatable bonds is 3. The van der Waals surface area contributed by atoms with Gasteiger partial charge in [-0.25, -0.2) is 9.97 Å². The molecule has 8 heteroatoms. The SMILES string of the molecule is COc1ccc([C@@H]2[C@@H]3CN(c4ncnc5c4ccn5C)C[C@@H]3CN2C)cc1.Cl.Cl. The molecule has 2 fully saturated rings. The van der Waals surface area contributed by atoms with Crippen molar-refractivity contribution in [2.45, 2.75) is 6.04 Å². The van der Waals surface area contributed by atoms with E-state index in [0.717, 1.165) is 42.2 Å². The molecule has 0 amide bonds. The molecule has 156 valence electrons. The highest BCUT2D eigenvalue weighted by Crippen LogP contribution is 2.45. The Kier molecular flexibility index (Phi) is 6.27. The molecule has 2 aromatic heterocycles. The highest BCUT2D eigenvalue weighted by atomic mass is 35.5. The number of fused-ring (bicyclic) bond motifs is 2. The molecule has 0 radical (unpaired) electrons. The highest BCUT2D eigenvalue weighted by molar-refractivity contribution is 5.88. The molecule has 0 unspecified atom stereocenters. The van der Waals surface area contributed by atoms with Crippen LogP contribution in [0.3, 0.4) is 0 Å². The lowest BCUT2D eigenvalue weighted by Crippen LogP contribution is -2.29. The number of anilines is 1. The average molecular weight is 436 g/mol. The molecule has 4 heterocycles. The molecule has 6 nitrogen and oxygen atoms in total. The lowest BCUT2D eigenvalue weighted by atomic mass is 9.89. The summed E-state index contributed by atoms with van der Waals surface area (Å²) in [4.78, 5) is 14.0. The van der Waals surface area contributed by atoms with Gasteiger partial charge in [-0.3, -0.25) is 4.90 Å². The largest absolute Gasteiger partial charge is 0.497 e. The maximum atomic E-state index is 5.33. The van der Waals surface area contributed by atoms with Crippen molar-refractivity contribution < 1.29 is 4.74 Å². The van der Waals surface area contributed by atoms with Crippen molar-refractivity contribution in [3.63, 3.8) is 0 Å². The van der Waals surface area contributed by atoms with E-state index in [1.54, 1.807) is 13.4 Å². The fourth-order valence-electron chi connectivity index (χ4n) is 5.05. The lowest BCUT2D eigenvalue weighted by molar-refractivity contribution is 0.279. The zero-order valence-electron chi connectivity index (χ0n) is 16.9. The van der Waals surface area contributed by atoms with Crippen molar-refractivity contribution in [2.75, 3.05) is 38.7 Å². The number of methoxy groups -OCH3 is 1. The molecule has 3 aromatic rings. The molecule has 5 rings (SSSR count). The van der Waals surface area contributed by atoms with E-state index in [2.05, 4.69) is 67.9 Å². The van der Waals surface area contributed by atoms with E-state index in [-0.39, 0.29) is 24.8 Å². The molecule has 0 saturated carbocycles. The maximum Gasteiger partial charge on any atom is 0.145 e. The van der Waals surface area contributed by atoms with Gasteiger partial charge < -0.3 is 14.2 Å². The topological polar surface area (TPSA) is 46.4 Å². The average Bonchev–Trinajstić information content (AvgIpc) is 3.34. The Bertz CT molecular complexity index is 977. The molecular weight excluding hydrogens is 409 g/mol. The zero-order chi connectivity index (χ0) is 18.5. The van der Waals surface area contributed by atoms with Crippen LogP contribution in [-0.2, 0) is 7.05 Å². The molecule has 2 aliphatic rings. The van der Waals surface area contributed by atoms with E-state index in [1.807, 2.05) is 7.05 Å². The first kappa shape index (κ1) is 21.7. The van der Waals surface area contributed by atoms with Gasteiger partial charge in [-0.2, -0.15) is 0 Å². The molecule has 0 bridgehead atoms. The molecule has 1 aromatic carbocycles. The van der Waals surface area contributed by atoms with Crippen LogP contribution in [0.25, 0.3) is 11.0 Å². The van der Waals surface area contributed by atoms with Gasteiger partial charge in [0.25, 0.3) is 0 Å². The summed E-state index contributed by atoms with van der Waals surface area (Å²) in [5.41, 5.74) is 2.38. The van der Waals surface area contributed by atoms with Gasteiger partial charge in [0.1, 0.15) is 23.5 Å². The molecular formula is C21H27Cl2N5O. The zero-order valence-corrected chi connectivity index (χ0v) is 18.5. The summed E-state index contributed by atoms with van der Waals surface area (Å²) < 4.78 is 7.39. The van der Waals surface area contributed by atoms with Crippen LogP contribution < -0.4 is 9.64 Å². The summed E-state index contributed by atoms with van der Waals surface area (Å²) in [5, 5.41) is 1.15. The van der Waals surface area contributed by atoms with Crippen LogP contribution in [0, 0.1) is 11.8 Å². The minimum absolute atomic E-state index is 0. The lowest BCUT2D eigenvalue weighted by Gasteiger charge is -2.27. The first-order valence-corrected chi connectivity index (χ1v) is 9.51. The molecule has 0 aliphatic carbocycles. The van der Waals surface area contributed by atoms with Crippen molar-refractivity contribution in [2.24, 2.45) is 18.9 Å². The first-order valence-electron chi connectivity index (χ1n) is 9.51. The summed E-state index contributed by atoms with van der Waals surface area (Å²) >= 11 is 0. The van der Waals surface area contributed by atoms with Crippen molar-refractivity contribution >= 4 is 41.7 Å². The number of hydrogen-bond acceptors (Lipinski definition) is 5. The predicted octanol–water partition coefficient (Wildman–Crippen LogP) is 3.56. The normalized spacial score (nSPS) is 23.6. The highest BCUT2D eigenvalue weighted by Gasteiger charge is 2.46. The fourth-order valence-corrected chi connectivity index (χ4v) is 5.05. The number of hydrogen-bond donors (Lipinski definition) is 0. The Balaban J connectivity index is 0.00000120. The van der Waals surface area contributed by atoms with Crippen molar-refractivity contribution in [3.05, 3.63) is 48.4 Å². The van der Waals surface area contributed by atoms with Crippen molar-refractivity contribution in [1.82, 2.24) is 19.4 Å². The number of nitrogens with zero attached hydrogens (tertiary/aromatic N) is 5. The van der Waals surface area contributed by atoms with E-state index in [0.29, 0.717) is 17.9 Å². The molecule has 2 saturated heterocycles. The summed E-state index contributed by atoms with van der Waals surface area (Å²) in [6.07, 6.45) is 3.76. The summed E-state index contributed by atoms with van der Waals surface area (Å²) in [6.45, 7) is 3.22. The van der Waals surface area contributed by atoms with Crippen LogP contribution in [0.1, 0.15) is 11.6 Å². The minimum atomic E-state index is 0. The van der Waals surface area contributed by atoms with Gasteiger partial charge in [0, 0.05) is 44.8 Å². The molecule has 2 aliphatic heterocycles. The number of likely N-dealkylation sites (tertiary alicyclic amines) is 1. The Morgan fingerprint density at radius 3 is 2.45 bits per heavy atom. The van der Waals surface area contributed by atoms with E-state index >= 15 is 0 Å². The van der Waals surface area contributed by atoms with E-state index in [4.69, 9.17) is 4.74 Å². The van der Waals surface area contributed by atoms with Gasteiger partial charge in [-0.15, -0.1) is 24.8 Å². The number of halogens is 2. The summed E-state index contributed by atoms with van der Waals surface area (Å²) in [5.74, 6) is 3.26. The van der Waals surface area contributed by atoms with E-state index < -0.39 is 0 Å². The van der Waals surface area contributed by atoms with Gasteiger partial charge >= 0.3 is 0 Å². The van der Waals surface area contributed by atoms with Gasteiger partial charge in [0.05, 0.1) is 12.5 Å². The van der Waals surface area contributed by atoms with Crippen LogP contribution in [0.4, 0.5) is 5.82 Å². The second kappa shape index (κ2) is 8.38. The number of ether oxygens (including phenoxy) is 1. The number of aryl methyl sites for hydroxylation is 1. The Morgan fingerprint density at radius 2 is 1.72 bits per heavy atom. The molecule has 0 spiro atoms. The Labute approximate surface area is 183 Å². The summed E-state index contributed by atoms with van der Waals surface area (Å²) in [7, 11) is 6.00. The first-order chi connectivity index (χ1) is 13.2. The minimum Gasteiger partial charge on any atom is -0.497 e. The predicted molar refractivity (Wildman–Crippen MR) is 121 cm³/mol. The van der Waals surface area contributed by atoms with Crippen molar-refractivity contribution in [3.8, 4) is 5.75 Å². The van der Waals surface area contributed by atoms with Crippen LogP contribution in [-0.4, -0.2) is 53.2 Å². The van der Waals surface area contributed by atoms with Crippen LogP contribution in [0.15, 0.2) is 42.9 Å². The smallest absolute Gasteiger partial charge is 0.145 e. The number of aromatic nitrogens is 3. The van der Waals surface area contributed by atoms with Crippen LogP contribution >= 0.6 is 24.8 Å². The maximum absolute atomic E-state index is 5.33. The molecule has 29 heavy (non-hydrogen) atoms.